The van der Waals surface area contributed by atoms with Crippen molar-refractivity contribution < 1.29 is 24.2 Å². The Balaban J connectivity index is 1.45. The summed E-state index contributed by atoms with van der Waals surface area (Å²) in [5, 5.41) is 12.0. The van der Waals surface area contributed by atoms with E-state index in [2.05, 4.69) is 26.8 Å². The van der Waals surface area contributed by atoms with Crippen LogP contribution in [-0.4, -0.2) is 34.4 Å². The third-order valence-electron chi connectivity index (χ3n) is 11.4. The molecule has 7 atom stereocenters. The van der Waals surface area contributed by atoms with Crippen molar-refractivity contribution in [3.63, 3.8) is 0 Å². The molecule has 35 heavy (non-hydrogen) atoms. The molecule has 5 nitrogen and oxygen atoms in total. The van der Waals surface area contributed by atoms with E-state index in [0.717, 1.165) is 50.5 Å². The van der Waals surface area contributed by atoms with Crippen molar-refractivity contribution in [2.75, 3.05) is 0 Å². The highest BCUT2D eigenvalue weighted by Gasteiger charge is 2.61. The van der Waals surface area contributed by atoms with Crippen LogP contribution in [0.15, 0.2) is 22.8 Å². The molecule has 194 valence electrons. The van der Waals surface area contributed by atoms with Crippen LogP contribution in [0.5, 0.6) is 0 Å². The number of fused-ring (bicyclic) bond motifs is 3. The Morgan fingerprint density at radius 2 is 1.77 bits per heavy atom. The molecule has 0 aromatic carbocycles. The first-order valence-corrected chi connectivity index (χ1v) is 13.8. The van der Waals surface area contributed by atoms with E-state index < -0.39 is 11.2 Å². The zero-order chi connectivity index (χ0) is 25.4. The first-order chi connectivity index (χ1) is 16.3. The topological polar surface area (TPSA) is 72.8 Å². The molecule has 7 unspecified atom stereocenters. The van der Waals surface area contributed by atoms with Crippen LogP contribution in [0.1, 0.15) is 106 Å². The molecule has 2 aliphatic heterocycles. The molecule has 0 radical (unpaired) electrons. The summed E-state index contributed by atoms with van der Waals surface area (Å²) in [6.45, 7) is 13.1. The lowest BCUT2D eigenvalue weighted by atomic mass is 9.52. The van der Waals surface area contributed by atoms with Gasteiger partial charge in [-0.25, -0.2) is 4.79 Å². The van der Waals surface area contributed by atoms with Crippen molar-refractivity contribution in [1.82, 2.24) is 0 Å². The molecule has 0 amide bonds. The van der Waals surface area contributed by atoms with Crippen molar-refractivity contribution in [2.45, 2.75) is 123 Å². The van der Waals surface area contributed by atoms with Crippen LogP contribution in [0.25, 0.3) is 0 Å². The van der Waals surface area contributed by atoms with E-state index in [9.17, 15) is 14.7 Å². The van der Waals surface area contributed by atoms with Gasteiger partial charge >= 0.3 is 11.9 Å². The number of carbonyl (C=O) groups is 2. The Bertz CT molecular complexity index is 991. The summed E-state index contributed by atoms with van der Waals surface area (Å²) in [6, 6.07) is 0. The smallest absolute Gasteiger partial charge is 0.333 e. The number of hydrogen-bond donors (Lipinski definition) is 1. The predicted octanol–water partition coefficient (Wildman–Crippen LogP) is 6.04. The highest BCUT2D eigenvalue weighted by Crippen LogP contribution is 2.69. The molecular weight excluding hydrogens is 440 g/mol. The lowest BCUT2D eigenvalue weighted by molar-refractivity contribution is -0.165. The average molecular weight is 485 g/mol. The molecule has 5 aliphatic rings. The molecule has 5 rings (SSSR count). The van der Waals surface area contributed by atoms with Crippen LogP contribution in [-0.2, 0) is 19.1 Å². The molecule has 2 heterocycles. The largest absolute Gasteiger partial charge is 0.459 e. The molecule has 1 saturated carbocycles. The maximum atomic E-state index is 12.3. The van der Waals surface area contributed by atoms with Gasteiger partial charge in [0.2, 0.25) is 0 Å². The van der Waals surface area contributed by atoms with E-state index in [-0.39, 0.29) is 34.8 Å². The Morgan fingerprint density at radius 1 is 1.03 bits per heavy atom. The van der Waals surface area contributed by atoms with Crippen LogP contribution in [0.3, 0.4) is 0 Å². The van der Waals surface area contributed by atoms with Crippen molar-refractivity contribution >= 4 is 11.9 Å². The normalized spacial score (nSPS) is 44.1. The average Bonchev–Trinajstić information content (AvgIpc) is 2.90. The number of aliphatic hydroxyl groups is 1. The van der Waals surface area contributed by atoms with Crippen molar-refractivity contribution in [2.24, 2.45) is 28.6 Å². The van der Waals surface area contributed by atoms with E-state index in [1.165, 1.54) is 5.57 Å². The number of hydrogen-bond acceptors (Lipinski definition) is 5. The summed E-state index contributed by atoms with van der Waals surface area (Å²) in [5.41, 5.74) is 2.42. The number of ether oxygens (including phenoxy) is 2. The van der Waals surface area contributed by atoms with Gasteiger partial charge in [0.25, 0.3) is 0 Å². The molecule has 0 aromatic rings. The Kier molecular flexibility index (Phi) is 5.86. The summed E-state index contributed by atoms with van der Waals surface area (Å²) in [6.07, 6.45) is 10.5. The van der Waals surface area contributed by atoms with Crippen LogP contribution in [0.4, 0.5) is 0 Å². The second-order valence-corrected chi connectivity index (χ2v) is 13.4. The zero-order valence-electron chi connectivity index (χ0n) is 22.5. The number of carbonyl (C=O) groups excluding carboxylic acids is 2. The maximum absolute atomic E-state index is 12.3. The van der Waals surface area contributed by atoms with Gasteiger partial charge in [-0.05, 0) is 94.8 Å². The van der Waals surface area contributed by atoms with Gasteiger partial charge in [-0.1, -0.05) is 38.0 Å². The minimum Gasteiger partial charge on any atom is -0.459 e. The highest BCUT2D eigenvalue weighted by atomic mass is 16.6. The van der Waals surface area contributed by atoms with Crippen molar-refractivity contribution in [1.29, 1.82) is 0 Å². The zero-order valence-corrected chi connectivity index (χ0v) is 22.5. The standard InChI is InChI=1S/C30H44O5/c1-18-7-9-23(34-26(18)32)19(2)21-12-15-29(6)22-8-10-24-27(3,4)35-25(31)13-16-30(24,33)17-20(22)11-14-28(21,29)5/h7,19,21,23-24,33H,8-17H2,1-6H3. The molecular formula is C30H44O5. The molecule has 5 heteroatoms. The van der Waals surface area contributed by atoms with Crippen molar-refractivity contribution in [3.05, 3.63) is 22.8 Å². The quantitative estimate of drug-likeness (QED) is 0.382. The minimum absolute atomic E-state index is 0.0392. The summed E-state index contributed by atoms with van der Waals surface area (Å²) in [5.74, 6) is 0.410. The van der Waals surface area contributed by atoms with E-state index in [4.69, 9.17) is 9.47 Å². The second-order valence-electron chi connectivity index (χ2n) is 13.4. The van der Waals surface area contributed by atoms with Crippen LogP contribution >= 0.6 is 0 Å². The molecule has 2 fully saturated rings. The first kappa shape index (κ1) is 25.0. The van der Waals surface area contributed by atoms with E-state index in [1.54, 1.807) is 5.57 Å². The molecule has 0 spiro atoms. The van der Waals surface area contributed by atoms with Gasteiger partial charge in [0.15, 0.2) is 0 Å². The minimum atomic E-state index is -0.886. The van der Waals surface area contributed by atoms with Gasteiger partial charge in [-0.2, -0.15) is 0 Å². The SMILES string of the molecule is CC1=CCC(C(C)C2CCC3(C)C4=C(CCC23C)CC2(O)CCC(=O)OC(C)(C)C2CC4)OC1=O. The predicted molar refractivity (Wildman–Crippen MR) is 134 cm³/mol. The van der Waals surface area contributed by atoms with Gasteiger partial charge in [0.1, 0.15) is 11.7 Å². The van der Waals surface area contributed by atoms with Crippen LogP contribution in [0, 0.1) is 28.6 Å². The van der Waals surface area contributed by atoms with Crippen LogP contribution < -0.4 is 0 Å². The van der Waals surface area contributed by atoms with E-state index in [1.807, 2.05) is 20.8 Å². The lowest BCUT2D eigenvalue weighted by Gasteiger charge is -2.52. The third-order valence-corrected chi connectivity index (χ3v) is 11.4. The van der Waals surface area contributed by atoms with E-state index >= 15 is 0 Å². The van der Waals surface area contributed by atoms with Gasteiger partial charge < -0.3 is 14.6 Å². The van der Waals surface area contributed by atoms with Gasteiger partial charge in [-0.15, -0.1) is 0 Å². The monoisotopic (exact) mass is 484 g/mol. The fourth-order valence-corrected chi connectivity index (χ4v) is 9.13. The number of cyclic esters (lactones) is 2. The van der Waals surface area contributed by atoms with Crippen LogP contribution in [0.2, 0.25) is 0 Å². The Hall–Kier alpha value is -1.62. The van der Waals surface area contributed by atoms with Gasteiger partial charge in [-0.3, -0.25) is 4.79 Å². The number of esters is 2. The van der Waals surface area contributed by atoms with Crippen molar-refractivity contribution in [3.8, 4) is 0 Å². The van der Waals surface area contributed by atoms with Gasteiger partial charge in [0, 0.05) is 24.3 Å². The highest BCUT2D eigenvalue weighted by molar-refractivity contribution is 5.88. The Morgan fingerprint density at radius 3 is 2.49 bits per heavy atom. The maximum Gasteiger partial charge on any atom is 0.333 e. The summed E-state index contributed by atoms with van der Waals surface area (Å²) < 4.78 is 11.7. The first-order valence-electron chi connectivity index (χ1n) is 13.8. The summed E-state index contributed by atoms with van der Waals surface area (Å²) in [4.78, 5) is 24.6. The van der Waals surface area contributed by atoms with E-state index in [0.29, 0.717) is 31.1 Å². The Labute approximate surface area is 210 Å². The molecule has 0 bridgehead atoms. The lowest BCUT2D eigenvalue weighted by Crippen LogP contribution is -2.48. The number of allylic oxidation sites excluding steroid dienone is 1. The fraction of sp³-hybridized carbons (Fsp3) is 0.800. The van der Waals surface area contributed by atoms with Gasteiger partial charge in [0.05, 0.1) is 5.60 Å². The second kappa shape index (κ2) is 8.19. The number of rotatable bonds is 2. The molecule has 1 N–H and O–H groups in total. The fourth-order valence-electron chi connectivity index (χ4n) is 9.13. The molecule has 0 aromatic heterocycles. The summed E-state index contributed by atoms with van der Waals surface area (Å²) >= 11 is 0. The molecule has 3 aliphatic carbocycles. The third kappa shape index (κ3) is 3.74. The molecule has 1 saturated heterocycles. The summed E-state index contributed by atoms with van der Waals surface area (Å²) in [7, 11) is 0.